The topological polar surface area (TPSA) is 79.3 Å². The Hall–Kier alpha value is -1.91. The minimum absolute atomic E-state index is 0.0649. The molecule has 5 heteroatoms. The van der Waals surface area contributed by atoms with Gasteiger partial charge in [-0.25, -0.2) is 4.79 Å². The van der Waals surface area contributed by atoms with Crippen molar-refractivity contribution < 1.29 is 14.7 Å². The summed E-state index contributed by atoms with van der Waals surface area (Å²) < 4.78 is 0. The van der Waals surface area contributed by atoms with Crippen molar-refractivity contribution in [2.75, 3.05) is 0 Å². The van der Waals surface area contributed by atoms with Crippen molar-refractivity contribution in [3.8, 4) is 0 Å². The van der Waals surface area contributed by atoms with E-state index < -0.39 is 17.4 Å². The summed E-state index contributed by atoms with van der Waals surface area (Å²) in [6.07, 6.45) is 1.39. The highest BCUT2D eigenvalue weighted by Gasteiger charge is 2.21. The molecule has 86 valence electrons. The van der Waals surface area contributed by atoms with Crippen molar-refractivity contribution in [1.29, 1.82) is 0 Å². The first kappa shape index (κ1) is 12.2. The molecule has 0 saturated carbocycles. The third-order valence-electron chi connectivity index (χ3n) is 1.74. The number of carboxylic acids is 1. The standard InChI is InChI=1S/C11H14N2O3/c1-11(2,3)13-9(14)8-7(10(15)16)5-4-6-12-8/h4-6H,1-3H3,(H,13,14)(H,15,16). The first-order chi connectivity index (χ1) is 7.31. The summed E-state index contributed by atoms with van der Waals surface area (Å²) in [6, 6.07) is 2.84. The lowest BCUT2D eigenvalue weighted by atomic mass is 10.1. The molecule has 0 aromatic carbocycles. The average Bonchev–Trinajstić information content (AvgIpc) is 2.15. The van der Waals surface area contributed by atoms with E-state index in [1.807, 2.05) is 20.8 Å². The van der Waals surface area contributed by atoms with Crippen LogP contribution < -0.4 is 5.32 Å². The number of carboxylic acid groups (broad SMARTS) is 1. The van der Waals surface area contributed by atoms with Crippen LogP contribution in [0.25, 0.3) is 0 Å². The van der Waals surface area contributed by atoms with Gasteiger partial charge in [0, 0.05) is 11.7 Å². The van der Waals surface area contributed by atoms with Gasteiger partial charge in [-0.1, -0.05) is 0 Å². The van der Waals surface area contributed by atoms with Gasteiger partial charge >= 0.3 is 5.97 Å². The van der Waals surface area contributed by atoms with Gasteiger partial charge < -0.3 is 10.4 Å². The van der Waals surface area contributed by atoms with E-state index in [0.717, 1.165) is 0 Å². The number of nitrogens with zero attached hydrogens (tertiary/aromatic N) is 1. The second-order valence-corrected chi connectivity index (χ2v) is 4.41. The number of hydrogen-bond acceptors (Lipinski definition) is 3. The molecule has 0 saturated heterocycles. The van der Waals surface area contributed by atoms with Gasteiger partial charge in [0.2, 0.25) is 0 Å². The van der Waals surface area contributed by atoms with Crippen LogP contribution in [0.5, 0.6) is 0 Å². The van der Waals surface area contributed by atoms with Crippen LogP contribution in [0.1, 0.15) is 41.6 Å². The van der Waals surface area contributed by atoms with Gasteiger partial charge in [-0.15, -0.1) is 0 Å². The highest BCUT2D eigenvalue weighted by molar-refractivity contribution is 6.03. The lowest BCUT2D eigenvalue weighted by Gasteiger charge is -2.20. The number of hydrogen-bond donors (Lipinski definition) is 2. The smallest absolute Gasteiger partial charge is 0.338 e. The fourth-order valence-electron chi connectivity index (χ4n) is 1.16. The normalized spacial score (nSPS) is 10.9. The Kier molecular flexibility index (Phi) is 3.27. The van der Waals surface area contributed by atoms with Crippen LogP contribution in [0.4, 0.5) is 0 Å². The van der Waals surface area contributed by atoms with Gasteiger partial charge in [0.25, 0.3) is 5.91 Å². The molecule has 1 aromatic rings. The van der Waals surface area contributed by atoms with Gasteiger partial charge in [0.1, 0.15) is 5.69 Å². The minimum atomic E-state index is -1.16. The van der Waals surface area contributed by atoms with E-state index in [-0.39, 0.29) is 11.3 Å². The minimum Gasteiger partial charge on any atom is -0.478 e. The number of pyridine rings is 1. The molecule has 5 nitrogen and oxygen atoms in total. The van der Waals surface area contributed by atoms with E-state index in [4.69, 9.17) is 5.11 Å². The molecule has 0 aliphatic carbocycles. The Bertz CT molecular complexity index is 421. The molecule has 0 aliphatic heterocycles. The third-order valence-corrected chi connectivity index (χ3v) is 1.74. The van der Waals surface area contributed by atoms with E-state index >= 15 is 0 Å². The van der Waals surface area contributed by atoms with Gasteiger partial charge in [-0.05, 0) is 32.9 Å². The van der Waals surface area contributed by atoms with Gasteiger partial charge in [-0.2, -0.15) is 0 Å². The quantitative estimate of drug-likeness (QED) is 0.790. The molecule has 0 fully saturated rings. The number of aromatic nitrogens is 1. The molecule has 0 bridgehead atoms. The monoisotopic (exact) mass is 222 g/mol. The second kappa shape index (κ2) is 4.30. The number of rotatable bonds is 2. The van der Waals surface area contributed by atoms with Gasteiger partial charge in [-0.3, -0.25) is 9.78 Å². The SMILES string of the molecule is CC(C)(C)NC(=O)c1ncccc1C(=O)O. The highest BCUT2D eigenvalue weighted by Crippen LogP contribution is 2.08. The zero-order chi connectivity index (χ0) is 12.3. The molecular weight excluding hydrogens is 208 g/mol. The number of amides is 1. The molecule has 2 N–H and O–H groups in total. The van der Waals surface area contributed by atoms with Crippen LogP contribution >= 0.6 is 0 Å². The summed E-state index contributed by atoms with van der Waals surface area (Å²) in [5.41, 5.74) is -0.584. The van der Waals surface area contributed by atoms with Crippen LogP contribution in [-0.2, 0) is 0 Å². The van der Waals surface area contributed by atoms with Crippen LogP contribution in [0, 0.1) is 0 Å². The summed E-state index contributed by atoms with van der Waals surface area (Å²) in [5.74, 6) is -1.64. The second-order valence-electron chi connectivity index (χ2n) is 4.41. The predicted molar refractivity (Wildman–Crippen MR) is 58.4 cm³/mol. The van der Waals surface area contributed by atoms with Crippen molar-refractivity contribution in [2.45, 2.75) is 26.3 Å². The molecule has 0 spiro atoms. The largest absolute Gasteiger partial charge is 0.478 e. The number of carbonyl (C=O) groups excluding carboxylic acids is 1. The molecule has 16 heavy (non-hydrogen) atoms. The maximum absolute atomic E-state index is 11.7. The van der Waals surface area contributed by atoms with E-state index in [0.29, 0.717) is 0 Å². The van der Waals surface area contributed by atoms with Crippen LogP contribution in [-0.4, -0.2) is 27.5 Å². The van der Waals surface area contributed by atoms with Gasteiger partial charge in [0.15, 0.2) is 0 Å². The molecule has 1 rings (SSSR count). The Morgan fingerprint density at radius 1 is 1.38 bits per heavy atom. The van der Waals surface area contributed by atoms with Crippen molar-refractivity contribution in [3.63, 3.8) is 0 Å². The molecule has 1 aromatic heterocycles. The Balaban J connectivity index is 3.04. The number of nitrogens with one attached hydrogen (secondary N) is 1. The van der Waals surface area contributed by atoms with Crippen LogP contribution in [0.3, 0.4) is 0 Å². The summed E-state index contributed by atoms with van der Waals surface area (Å²) in [5, 5.41) is 11.6. The summed E-state index contributed by atoms with van der Waals surface area (Å²) in [4.78, 5) is 26.4. The van der Waals surface area contributed by atoms with Crippen molar-refractivity contribution in [2.24, 2.45) is 0 Å². The Morgan fingerprint density at radius 3 is 2.50 bits per heavy atom. The molecule has 1 amide bonds. The first-order valence-electron chi connectivity index (χ1n) is 4.82. The third kappa shape index (κ3) is 3.05. The van der Waals surface area contributed by atoms with Gasteiger partial charge in [0.05, 0.1) is 5.56 Å². The van der Waals surface area contributed by atoms with Crippen molar-refractivity contribution >= 4 is 11.9 Å². The lowest BCUT2D eigenvalue weighted by molar-refractivity contribution is 0.0688. The van der Waals surface area contributed by atoms with E-state index in [1.165, 1.54) is 18.3 Å². The molecular formula is C11H14N2O3. The van der Waals surface area contributed by atoms with Crippen LogP contribution in [0.2, 0.25) is 0 Å². The number of carbonyl (C=O) groups is 2. The van der Waals surface area contributed by atoms with E-state index in [2.05, 4.69) is 10.3 Å². The van der Waals surface area contributed by atoms with E-state index in [1.54, 1.807) is 0 Å². The number of aromatic carboxylic acids is 1. The maximum Gasteiger partial charge on any atom is 0.338 e. The van der Waals surface area contributed by atoms with Crippen molar-refractivity contribution in [1.82, 2.24) is 10.3 Å². The Morgan fingerprint density at radius 2 is 2.00 bits per heavy atom. The zero-order valence-corrected chi connectivity index (χ0v) is 9.44. The molecule has 0 atom stereocenters. The van der Waals surface area contributed by atoms with Crippen LogP contribution in [0.15, 0.2) is 18.3 Å². The lowest BCUT2D eigenvalue weighted by Crippen LogP contribution is -2.41. The van der Waals surface area contributed by atoms with E-state index in [9.17, 15) is 9.59 Å². The highest BCUT2D eigenvalue weighted by atomic mass is 16.4. The fourth-order valence-corrected chi connectivity index (χ4v) is 1.16. The summed E-state index contributed by atoms with van der Waals surface area (Å²) >= 11 is 0. The zero-order valence-electron chi connectivity index (χ0n) is 9.44. The molecule has 1 heterocycles. The summed E-state index contributed by atoms with van der Waals surface area (Å²) in [7, 11) is 0. The predicted octanol–water partition coefficient (Wildman–Crippen LogP) is 1.31. The Labute approximate surface area is 93.5 Å². The summed E-state index contributed by atoms with van der Waals surface area (Å²) in [6.45, 7) is 5.44. The fraction of sp³-hybridized carbons (Fsp3) is 0.364. The first-order valence-corrected chi connectivity index (χ1v) is 4.82. The maximum atomic E-state index is 11.7. The molecule has 0 radical (unpaired) electrons. The molecule has 0 unspecified atom stereocenters. The average molecular weight is 222 g/mol. The van der Waals surface area contributed by atoms with Crippen molar-refractivity contribution in [3.05, 3.63) is 29.6 Å². The molecule has 0 aliphatic rings.